The van der Waals surface area contributed by atoms with Crippen LogP contribution in [0.1, 0.15) is 34.6 Å². The second-order valence-corrected chi connectivity index (χ2v) is 10.7. The lowest BCUT2D eigenvalue weighted by atomic mass is 10.2. The van der Waals surface area contributed by atoms with E-state index in [1.54, 1.807) is 61.5 Å². The van der Waals surface area contributed by atoms with Crippen molar-refractivity contribution >= 4 is 49.1 Å². The number of amides is 1. The summed E-state index contributed by atoms with van der Waals surface area (Å²) in [6.45, 7) is 5.33. The van der Waals surface area contributed by atoms with Gasteiger partial charge in [0.05, 0.1) is 33.9 Å². The average Bonchev–Trinajstić information content (AvgIpc) is 3.25. The van der Waals surface area contributed by atoms with Gasteiger partial charge < -0.3 is 14.0 Å². The Morgan fingerprint density at radius 3 is 2.47 bits per heavy atom. The number of carbonyl (C=O) groups is 2. The van der Waals surface area contributed by atoms with Crippen molar-refractivity contribution in [2.75, 3.05) is 24.5 Å². The normalized spacial score (nSPS) is 12.0. The Morgan fingerprint density at radius 1 is 0.947 bits per heavy atom. The maximum Gasteiger partial charge on any atom is 0.338 e. The summed E-state index contributed by atoms with van der Waals surface area (Å²) in [7, 11) is -3.81. The van der Waals surface area contributed by atoms with Gasteiger partial charge in [0.25, 0.3) is 15.9 Å². The first-order chi connectivity index (χ1) is 18.3. The maximum absolute atomic E-state index is 13.2. The van der Waals surface area contributed by atoms with Gasteiger partial charge in [-0.15, -0.1) is 0 Å². The van der Waals surface area contributed by atoms with Gasteiger partial charge in [-0.3, -0.25) is 9.52 Å². The number of hydrogen-bond donors (Lipinski definition) is 1. The van der Waals surface area contributed by atoms with Crippen molar-refractivity contribution in [1.29, 1.82) is 0 Å². The molecule has 1 N–H and O–H groups in total. The molecule has 0 aliphatic carbocycles. The van der Waals surface area contributed by atoms with Gasteiger partial charge in [0.15, 0.2) is 4.80 Å². The lowest BCUT2D eigenvalue weighted by molar-refractivity contribution is 0.0526. The predicted molar refractivity (Wildman–Crippen MR) is 146 cm³/mol. The lowest BCUT2D eigenvalue weighted by Gasteiger charge is -2.09. The molecular weight excluding hydrogens is 526 g/mol. The number of ether oxygens (including phenoxy) is 2. The molecule has 0 atom stereocenters. The minimum absolute atomic E-state index is 0.115. The zero-order valence-corrected chi connectivity index (χ0v) is 22.6. The van der Waals surface area contributed by atoms with Crippen LogP contribution in [0, 0.1) is 0 Å². The Labute approximate surface area is 224 Å². The first kappa shape index (κ1) is 27.2. The molecule has 1 heterocycles. The summed E-state index contributed by atoms with van der Waals surface area (Å²) < 4.78 is 41.1. The van der Waals surface area contributed by atoms with Gasteiger partial charge in [0.2, 0.25) is 0 Å². The fourth-order valence-corrected chi connectivity index (χ4v) is 5.86. The summed E-state index contributed by atoms with van der Waals surface area (Å²) in [4.78, 5) is 30.3. The molecule has 4 aromatic rings. The SMILES string of the molecule is CCOCCn1c(=NC(=O)c2cccc(NS(=O)(=O)c3ccccc3)c2)sc2cc(C(=O)OCC)ccc21. The third-order valence-electron chi connectivity index (χ3n) is 5.47. The van der Waals surface area contributed by atoms with Crippen LogP contribution in [0.2, 0.25) is 0 Å². The minimum Gasteiger partial charge on any atom is -0.462 e. The van der Waals surface area contributed by atoms with Crippen LogP contribution in [-0.4, -0.2) is 44.7 Å². The molecule has 4 rings (SSSR count). The van der Waals surface area contributed by atoms with Crippen LogP contribution in [0.3, 0.4) is 0 Å². The van der Waals surface area contributed by atoms with E-state index in [0.29, 0.717) is 30.1 Å². The van der Waals surface area contributed by atoms with Gasteiger partial charge in [-0.25, -0.2) is 13.2 Å². The third-order valence-corrected chi connectivity index (χ3v) is 7.91. The van der Waals surface area contributed by atoms with Crippen molar-refractivity contribution in [3.05, 3.63) is 88.7 Å². The van der Waals surface area contributed by atoms with Gasteiger partial charge in [-0.1, -0.05) is 35.6 Å². The van der Waals surface area contributed by atoms with Gasteiger partial charge in [-0.2, -0.15) is 4.99 Å². The van der Waals surface area contributed by atoms with Crippen LogP contribution in [0.5, 0.6) is 0 Å². The predicted octanol–water partition coefficient (Wildman–Crippen LogP) is 4.46. The van der Waals surface area contributed by atoms with Crippen LogP contribution in [0.15, 0.2) is 82.7 Å². The highest BCUT2D eigenvalue weighted by Crippen LogP contribution is 2.21. The summed E-state index contributed by atoms with van der Waals surface area (Å²) in [6.07, 6.45) is 0. The van der Waals surface area contributed by atoms with Crippen molar-refractivity contribution in [2.45, 2.75) is 25.3 Å². The number of sulfonamides is 1. The number of rotatable bonds is 10. The number of anilines is 1. The minimum atomic E-state index is -3.81. The van der Waals surface area contributed by atoms with E-state index in [1.807, 2.05) is 11.5 Å². The largest absolute Gasteiger partial charge is 0.462 e. The Morgan fingerprint density at radius 2 is 1.74 bits per heavy atom. The highest BCUT2D eigenvalue weighted by molar-refractivity contribution is 7.92. The molecule has 0 radical (unpaired) electrons. The first-order valence-corrected chi connectivity index (χ1v) is 14.3. The molecule has 1 aromatic heterocycles. The number of nitrogens with zero attached hydrogens (tertiary/aromatic N) is 2. The molecule has 0 fully saturated rings. The van der Waals surface area contributed by atoms with Crippen LogP contribution in [-0.2, 0) is 26.0 Å². The first-order valence-electron chi connectivity index (χ1n) is 12.0. The molecular formula is C27H27N3O6S2. The topological polar surface area (TPSA) is 116 Å². The molecule has 11 heteroatoms. The lowest BCUT2D eigenvalue weighted by Crippen LogP contribution is -2.20. The Hall–Kier alpha value is -3.80. The Kier molecular flexibility index (Phi) is 8.72. The molecule has 1 amide bonds. The van der Waals surface area contributed by atoms with E-state index in [0.717, 1.165) is 10.2 Å². The van der Waals surface area contributed by atoms with Crippen molar-refractivity contribution in [3.8, 4) is 0 Å². The number of aromatic nitrogens is 1. The molecule has 0 aliphatic heterocycles. The van der Waals surface area contributed by atoms with E-state index in [2.05, 4.69) is 9.71 Å². The molecule has 3 aromatic carbocycles. The number of fused-ring (bicyclic) bond motifs is 1. The number of hydrogen-bond acceptors (Lipinski definition) is 7. The van der Waals surface area contributed by atoms with Crippen molar-refractivity contribution in [1.82, 2.24) is 4.57 Å². The van der Waals surface area contributed by atoms with E-state index < -0.39 is 21.9 Å². The zero-order valence-electron chi connectivity index (χ0n) is 20.9. The average molecular weight is 554 g/mol. The summed E-state index contributed by atoms with van der Waals surface area (Å²) in [5.74, 6) is -0.957. The van der Waals surface area contributed by atoms with Crippen LogP contribution in [0.4, 0.5) is 5.69 Å². The van der Waals surface area contributed by atoms with E-state index >= 15 is 0 Å². The fourth-order valence-electron chi connectivity index (χ4n) is 3.70. The fraction of sp³-hybridized carbons (Fsp3) is 0.222. The number of carbonyl (C=O) groups excluding carboxylic acids is 2. The second kappa shape index (κ2) is 12.2. The summed E-state index contributed by atoms with van der Waals surface area (Å²) >= 11 is 1.27. The standard InChI is InChI=1S/C27H27N3O6S2/c1-3-35-16-15-30-23-14-13-20(26(32)36-4-2)18-24(23)37-27(30)28-25(31)19-9-8-10-21(17-19)29-38(33,34)22-11-6-5-7-12-22/h5-14,17-18,29H,3-4,15-16H2,1-2H3. The molecule has 0 spiro atoms. The van der Waals surface area contributed by atoms with Crippen molar-refractivity contribution < 1.29 is 27.5 Å². The van der Waals surface area contributed by atoms with Gasteiger partial charge in [-0.05, 0) is 62.4 Å². The molecule has 38 heavy (non-hydrogen) atoms. The molecule has 0 unspecified atom stereocenters. The molecule has 0 bridgehead atoms. The summed E-state index contributed by atoms with van der Waals surface area (Å²) in [5.41, 5.74) is 1.68. The number of esters is 1. The van der Waals surface area contributed by atoms with E-state index in [9.17, 15) is 18.0 Å². The second-order valence-electron chi connectivity index (χ2n) is 8.05. The Bertz CT molecular complexity index is 1630. The van der Waals surface area contributed by atoms with Crippen molar-refractivity contribution in [2.24, 2.45) is 4.99 Å². The molecule has 0 saturated carbocycles. The summed E-state index contributed by atoms with van der Waals surface area (Å²) in [6, 6.07) is 19.3. The molecule has 9 nitrogen and oxygen atoms in total. The van der Waals surface area contributed by atoms with Crippen LogP contribution >= 0.6 is 11.3 Å². The quantitative estimate of drug-likeness (QED) is 0.229. The molecule has 0 saturated heterocycles. The van der Waals surface area contributed by atoms with Crippen LogP contribution < -0.4 is 9.52 Å². The van der Waals surface area contributed by atoms with Gasteiger partial charge in [0.1, 0.15) is 0 Å². The van der Waals surface area contributed by atoms with E-state index in [-0.39, 0.29) is 22.8 Å². The highest BCUT2D eigenvalue weighted by Gasteiger charge is 2.16. The third kappa shape index (κ3) is 6.36. The summed E-state index contributed by atoms with van der Waals surface area (Å²) in [5, 5.41) is 0. The maximum atomic E-state index is 13.2. The number of benzene rings is 3. The highest BCUT2D eigenvalue weighted by atomic mass is 32.2. The smallest absolute Gasteiger partial charge is 0.338 e. The van der Waals surface area contributed by atoms with Crippen LogP contribution in [0.25, 0.3) is 10.2 Å². The number of thiazole rings is 1. The van der Waals surface area contributed by atoms with Gasteiger partial charge in [0, 0.05) is 24.4 Å². The monoisotopic (exact) mass is 553 g/mol. The van der Waals surface area contributed by atoms with E-state index in [1.165, 1.54) is 29.5 Å². The zero-order chi connectivity index (χ0) is 27.1. The Balaban J connectivity index is 1.68. The molecule has 198 valence electrons. The molecule has 0 aliphatic rings. The van der Waals surface area contributed by atoms with E-state index in [4.69, 9.17) is 9.47 Å². The van der Waals surface area contributed by atoms with Gasteiger partial charge >= 0.3 is 5.97 Å². The number of nitrogens with one attached hydrogen (secondary N) is 1. The van der Waals surface area contributed by atoms with Crippen molar-refractivity contribution in [3.63, 3.8) is 0 Å².